The van der Waals surface area contributed by atoms with Crippen LogP contribution in [-0.2, 0) is 21.0 Å². The highest BCUT2D eigenvalue weighted by molar-refractivity contribution is 7.98. The minimum Gasteiger partial charge on any atom is -0.348 e. The summed E-state index contributed by atoms with van der Waals surface area (Å²) in [7, 11) is -3.93. The second-order valence-corrected chi connectivity index (χ2v) is 9.65. The molecule has 174 valence electrons. The average molecular weight is 487 g/mol. The average Bonchev–Trinajstić information content (AvgIpc) is 2.75. The second-order valence-electron chi connectivity index (χ2n) is 7.06. The van der Waals surface area contributed by atoms with Crippen LogP contribution in [0.1, 0.15) is 36.1 Å². The van der Waals surface area contributed by atoms with Gasteiger partial charge >= 0.3 is 6.18 Å². The Hall–Kier alpha value is -2.30. The van der Waals surface area contributed by atoms with Crippen LogP contribution in [0.15, 0.2) is 60.0 Å². The van der Waals surface area contributed by atoms with Gasteiger partial charge in [0, 0.05) is 5.41 Å². The molecule has 0 aliphatic heterocycles. The highest BCUT2D eigenvalue weighted by atomic mass is 32.2. The number of nitrogens with one attached hydrogen (secondary N) is 2. The minimum atomic E-state index is -4.50. The third kappa shape index (κ3) is 8.33. The van der Waals surface area contributed by atoms with Gasteiger partial charge in [-0.2, -0.15) is 29.7 Å². The van der Waals surface area contributed by atoms with E-state index in [2.05, 4.69) is 10.0 Å². The first kappa shape index (κ1) is 26.0. The van der Waals surface area contributed by atoms with Gasteiger partial charge in [0.1, 0.15) is 6.04 Å². The van der Waals surface area contributed by atoms with Crippen molar-refractivity contribution >= 4 is 33.8 Å². The Bertz CT molecular complexity index is 1030. The Labute approximate surface area is 190 Å². The molecule has 5 nitrogen and oxygen atoms in total. The Morgan fingerprint density at radius 3 is 2.44 bits per heavy atom. The normalized spacial score (nSPS) is 14.3. The van der Waals surface area contributed by atoms with E-state index < -0.39 is 39.8 Å². The van der Waals surface area contributed by atoms with Crippen molar-refractivity contribution in [2.75, 3.05) is 12.0 Å². The maximum Gasteiger partial charge on any atom is 0.416 e. The molecule has 0 saturated carbocycles. The van der Waals surface area contributed by atoms with Crippen LogP contribution >= 0.6 is 11.8 Å². The molecule has 0 spiro atoms. The number of rotatable bonds is 10. The molecule has 0 aliphatic rings. The molecule has 0 radical (unpaired) electrons. The van der Waals surface area contributed by atoms with E-state index in [0.717, 1.165) is 17.5 Å². The van der Waals surface area contributed by atoms with Gasteiger partial charge < -0.3 is 5.32 Å². The van der Waals surface area contributed by atoms with Gasteiger partial charge in [-0.25, -0.2) is 8.42 Å². The van der Waals surface area contributed by atoms with Crippen molar-refractivity contribution in [3.8, 4) is 0 Å². The van der Waals surface area contributed by atoms with Crippen molar-refractivity contribution < 1.29 is 26.4 Å². The summed E-state index contributed by atoms with van der Waals surface area (Å²) in [6, 6.07) is 11.7. The van der Waals surface area contributed by atoms with Crippen LogP contribution in [0.2, 0.25) is 0 Å². The second kappa shape index (κ2) is 11.5. The molecular formula is C22H25F3N2O3S2. The summed E-state index contributed by atoms with van der Waals surface area (Å²) in [6.45, 7) is 1.54. The Balaban J connectivity index is 2.12. The minimum absolute atomic E-state index is 0.223. The molecule has 2 aromatic carbocycles. The fraction of sp³-hybridized carbons (Fsp3) is 0.318. The summed E-state index contributed by atoms with van der Waals surface area (Å²) < 4.78 is 66.2. The first-order chi connectivity index (χ1) is 15.0. The maximum atomic E-state index is 13.0. The molecule has 1 amide bonds. The molecule has 32 heavy (non-hydrogen) atoms. The largest absolute Gasteiger partial charge is 0.416 e. The van der Waals surface area contributed by atoms with Crippen molar-refractivity contribution in [1.29, 1.82) is 0 Å². The Morgan fingerprint density at radius 1 is 1.12 bits per heavy atom. The molecule has 10 heteroatoms. The summed E-state index contributed by atoms with van der Waals surface area (Å²) in [5, 5.41) is 3.60. The molecule has 2 rings (SSSR count). The van der Waals surface area contributed by atoms with Gasteiger partial charge in [0.15, 0.2) is 0 Å². The monoisotopic (exact) mass is 486 g/mol. The predicted molar refractivity (Wildman–Crippen MR) is 122 cm³/mol. The van der Waals surface area contributed by atoms with Crippen LogP contribution in [0.25, 0.3) is 6.08 Å². The molecule has 0 unspecified atom stereocenters. The first-order valence-electron chi connectivity index (χ1n) is 9.74. The predicted octanol–water partition coefficient (Wildman–Crippen LogP) is 4.59. The Morgan fingerprint density at radius 2 is 1.81 bits per heavy atom. The highest BCUT2D eigenvalue weighted by Gasteiger charge is 2.31. The third-order valence-electron chi connectivity index (χ3n) is 4.55. The van der Waals surface area contributed by atoms with Gasteiger partial charge in [-0.05, 0) is 54.7 Å². The van der Waals surface area contributed by atoms with Crippen molar-refractivity contribution in [2.45, 2.75) is 31.6 Å². The quantitative estimate of drug-likeness (QED) is 0.515. The molecule has 2 aromatic rings. The van der Waals surface area contributed by atoms with Crippen molar-refractivity contribution in [3.63, 3.8) is 0 Å². The standard InChI is InChI=1S/C22H25F3N2O3S2/c1-16(18-9-6-10-19(15-18)22(23,24)25)26-21(28)20(11-13-31-2)27-32(29,30)14-12-17-7-4-3-5-8-17/h3-10,12,14-16,20,27H,11,13H2,1-2H3,(H,26,28)/b14-12+/t16-,20+/m1/s1. The fourth-order valence-corrected chi connectivity index (χ4v) is 4.34. The molecule has 0 aliphatic carbocycles. The van der Waals surface area contributed by atoms with Gasteiger partial charge in [0.25, 0.3) is 0 Å². The number of carbonyl (C=O) groups is 1. The summed E-state index contributed by atoms with van der Waals surface area (Å²) in [4.78, 5) is 12.8. The lowest BCUT2D eigenvalue weighted by molar-refractivity contribution is -0.137. The highest BCUT2D eigenvalue weighted by Crippen LogP contribution is 2.30. The van der Waals surface area contributed by atoms with Crippen LogP contribution in [-0.4, -0.2) is 32.4 Å². The van der Waals surface area contributed by atoms with E-state index in [0.29, 0.717) is 11.3 Å². The van der Waals surface area contributed by atoms with E-state index in [4.69, 9.17) is 0 Å². The van der Waals surface area contributed by atoms with E-state index in [1.807, 2.05) is 6.26 Å². The lowest BCUT2D eigenvalue weighted by Crippen LogP contribution is -2.47. The van der Waals surface area contributed by atoms with E-state index in [1.54, 1.807) is 37.3 Å². The van der Waals surface area contributed by atoms with Gasteiger partial charge in [0.05, 0.1) is 11.6 Å². The number of hydrogen-bond donors (Lipinski definition) is 2. The van der Waals surface area contributed by atoms with Crippen molar-refractivity contribution in [3.05, 3.63) is 76.7 Å². The van der Waals surface area contributed by atoms with E-state index in [9.17, 15) is 26.4 Å². The number of halogens is 3. The summed E-state index contributed by atoms with van der Waals surface area (Å²) in [5.41, 5.74) is 0.131. The van der Waals surface area contributed by atoms with E-state index in [1.165, 1.54) is 30.0 Å². The number of benzene rings is 2. The molecule has 2 atom stereocenters. The number of amides is 1. The van der Waals surface area contributed by atoms with Gasteiger partial charge in [-0.15, -0.1) is 0 Å². The summed E-state index contributed by atoms with van der Waals surface area (Å²) in [5.74, 6) is -0.0957. The summed E-state index contributed by atoms with van der Waals surface area (Å²) in [6.07, 6.45) is -1.04. The van der Waals surface area contributed by atoms with Gasteiger partial charge in [-0.3, -0.25) is 4.79 Å². The van der Waals surface area contributed by atoms with Gasteiger partial charge in [-0.1, -0.05) is 42.5 Å². The zero-order valence-corrected chi connectivity index (χ0v) is 19.2. The van der Waals surface area contributed by atoms with E-state index >= 15 is 0 Å². The Kier molecular flexibility index (Phi) is 9.35. The maximum absolute atomic E-state index is 13.0. The molecule has 0 heterocycles. The van der Waals surface area contributed by atoms with Crippen LogP contribution in [0.3, 0.4) is 0 Å². The lowest BCUT2D eigenvalue weighted by atomic mass is 10.0. The van der Waals surface area contributed by atoms with Crippen LogP contribution < -0.4 is 10.0 Å². The molecule has 0 bridgehead atoms. The molecular weight excluding hydrogens is 461 g/mol. The molecule has 0 saturated heterocycles. The smallest absolute Gasteiger partial charge is 0.348 e. The fourth-order valence-electron chi connectivity index (χ4n) is 2.83. The molecule has 0 aromatic heterocycles. The van der Waals surface area contributed by atoms with Crippen LogP contribution in [0.4, 0.5) is 13.2 Å². The number of carbonyl (C=O) groups excluding carboxylic acids is 1. The number of thioether (sulfide) groups is 1. The SMILES string of the molecule is CSCC[C@H](NS(=O)(=O)/C=C/c1ccccc1)C(=O)N[C@H](C)c1cccc(C(F)(F)F)c1. The van der Waals surface area contributed by atoms with Crippen LogP contribution in [0.5, 0.6) is 0 Å². The van der Waals surface area contributed by atoms with Crippen molar-refractivity contribution in [2.24, 2.45) is 0 Å². The number of alkyl halides is 3. The zero-order valence-electron chi connectivity index (χ0n) is 17.6. The first-order valence-corrected chi connectivity index (χ1v) is 12.7. The van der Waals surface area contributed by atoms with E-state index in [-0.39, 0.29) is 12.0 Å². The summed E-state index contributed by atoms with van der Waals surface area (Å²) >= 11 is 1.45. The van der Waals surface area contributed by atoms with Gasteiger partial charge in [0.2, 0.25) is 15.9 Å². The third-order valence-corrected chi connectivity index (χ3v) is 6.30. The topological polar surface area (TPSA) is 75.3 Å². The zero-order chi connectivity index (χ0) is 23.8. The van der Waals surface area contributed by atoms with Crippen LogP contribution in [0, 0.1) is 0 Å². The molecule has 0 fully saturated rings. The number of hydrogen-bond acceptors (Lipinski definition) is 4. The lowest BCUT2D eigenvalue weighted by Gasteiger charge is -2.21. The van der Waals surface area contributed by atoms with Crippen molar-refractivity contribution in [1.82, 2.24) is 10.0 Å². The number of sulfonamides is 1. The molecule has 2 N–H and O–H groups in total.